The van der Waals surface area contributed by atoms with E-state index in [1.54, 1.807) is 24.1 Å². The number of nitrogens with one attached hydrogen (secondary N) is 1. The Hall–Kier alpha value is -2.76. The molecule has 1 aromatic heterocycles. The van der Waals surface area contributed by atoms with Gasteiger partial charge in [-0.25, -0.2) is 0 Å². The first kappa shape index (κ1) is 16.1. The summed E-state index contributed by atoms with van der Waals surface area (Å²) < 4.78 is 10.2. The van der Waals surface area contributed by atoms with Gasteiger partial charge in [0.2, 0.25) is 5.91 Å². The lowest BCUT2D eigenvalue weighted by Gasteiger charge is -2.17. The highest BCUT2D eigenvalue weighted by molar-refractivity contribution is 5.92. The quantitative estimate of drug-likeness (QED) is 0.878. The highest BCUT2D eigenvalue weighted by Crippen LogP contribution is 2.15. The van der Waals surface area contributed by atoms with E-state index < -0.39 is 0 Å². The topological polar surface area (TPSA) is 71.8 Å². The van der Waals surface area contributed by atoms with Gasteiger partial charge in [-0.05, 0) is 36.2 Å². The maximum atomic E-state index is 12.1. The van der Waals surface area contributed by atoms with Crippen molar-refractivity contribution in [2.45, 2.75) is 18.9 Å². The van der Waals surface area contributed by atoms with Crippen LogP contribution in [0.25, 0.3) is 0 Å². The van der Waals surface area contributed by atoms with Crippen LogP contribution in [-0.2, 0) is 11.2 Å². The molecular weight excluding hydrogens is 308 g/mol. The molecular formula is C18H20N2O4. The fourth-order valence-electron chi connectivity index (χ4n) is 2.81. The summed E-state index contributed by atoms with van der Waals surface area (Å²) in [6, 6.07) is 10.9. The molecule has 1 fully saturated rings. The molecule has 3 rings (SSSR count). The van der Waals surface area contributed by atoms with Crippen molar-refractivity contribution in [3.05, 3.63) is 54.0 Å². The number of carbonyl (C=O) groups is 2. The van der Waals surface area contributed by atoms with Crippen molar-refractivity contribution in [2.24, 2.45) is 0 Å². The van der Waals surface area contributed by atoms with E-state index in [0.717, 1.165) is 17.7 Å². The van der Waals surface area contributed by atoms with E-state index >= 15 is 0 Å². The highest BCUT2D eigenvalue weighted by atomic mass is 16.5. The molecule has 1 atom stereocenters. The van der Waals surface area contributed by atoms with Crippen LogP contribution >= 0.6 is 0 Å². The SMILES string of the molecule is COc1ccc(CCN2C[C@@H](NC(=O)c3ccco3)CC2=O)cc1. The van der Waals surface area contributed by atoms with Gasteiger partial charge in [0, 0.05) is 19.5 Å². The number of carbonyl (C=O) groups excluding carboxylic acids is 2. The standard InChI is InChI=1S/C18H20N2O4/c1-23-15-6-4-13(5-7-15)8-9-20-12-14(11-17(20)21)19-18(22)16-3-2-10-24-16/h2-7,10,14H,8-9,11-12H2,1H3,(H,19,22)/t14-/m0/s1. The van der Waals surface area contributed by atoms with Crippen LogP contribution in [0.3, 0.4) is 0 Å². The molecule has 2 aromatic rings. The zero-order valence-electron chi connectivity index (χ0n) is 13.5. The van der Waals surface area contributed by atoms with Crippen molar-refractivity contribution in [3.8, 4) is 5.75 Å². The largest absolute Gasteiger partial charge is 0.497 e. The van der Waals surface area contributed by atoms with Gasteiger partial charge in [0.05, 0.1) is 19.4 Å². The predicted molar refractivity (Wildman–Crippen MR) is 87.9 cm³/mol. The van der Waals surface area contributed by atoms with Gasteiger partial charge in [-0.1, -0.05) is 12.1 Å². The molecule has 0 spiro atoms. The third-order valence-corrected chi connectivity index (χ3v) is 4.12. The van der Waals surface area contributed by atoms with Crippen LogP contribution in [0.1, 0.15) is 22.5 Å². The van der Waals surface area contributed by atoms with Gasteiger partial charge in [-0.2, -0.15) is 0 Å². The van der Waals surface area contributed by atoms with E-state index in [1.807, 2.05) is 24.3 Å². The fraction of sp³-hybridized carbons (Fsp3) is 0.333. The second kappa shape index (κ2) is 7.21. The summed E-state index contributed by atoms with van der Waals surface area (Å²) in [7, 11) is 1.63. The first-order valence-electron chi connectivity index (χ1n) is 7.91. The van der Waals surface area contributed by atoms with Crippen molar-refractivity contribution in [3.63, 3.8) is 0 Å². The number of hydrogen-bond acceptors (Lipinski definition) is 4. The normalized spacial score (nSPS) is 17.1. The second-order valence-corrected chi connectivity index (χ2v) is 5.79. The van der Waals surface area contributed by atoms with Gasteiger partial charge in [-0.3, -0.25) is 9.59 Å². The Balaban J connectivity index is 1.50. The Morgan fingerprint density at radius 1 is 1.33 bits per heavy atom. The maximum absolute atomic E-state index is 12.1. The molecule has 1 aromatic carbocycles. The number of rotatable bonds is 6. The Bertz CT molecular complexity index is 694. The summed E-state index contributed by atoms with van der Waals surface area (Å²) in [5, 5.41) is 2.84. The minimum absolute atomic E-state index is 0.0632. The smallest absolute Gasteiger partial charge is 0.287 e. The third kappa shape index (κ3) is 3.76. The average molecular weight is 328 g/mol. The van der Waals surface area contributed by atoms with E-state index in [0.29, 0.717) is 19.5 Å². The molecule has 0 unspecified atom stereocenters. The van der Waals surface area contributed by atoms with E-state index in [9.17, 15) is 9.59 Å². The van der Waals surface area contributed by atoms with Crippen LogP contribution in [0.15, 0.2) is 47.1 Å². The Morgan fingerprint density at radius 2 is 2.12 bits per heavy atom. The Morgan fingerprint density at radius 3 is 2.79 bits per heavy atom. The monoisotopic (exact) mass is 328 g/mol. The van der Waals surface area contributed by atoms with Crippen LogP contribution in [-0.4, -0.2) is 43.0 Å². The van der Waals surface area contributed by atoms with E-state index in [1.165, 1.54) is 6.26 Å². The minimum Gasteiger partial charge on any atom is -0.497 e. The highest BCUT2D eigenvalue weighted by Gasteiger charge is 2.30. The predicted octanol–water partition coefficient (Wildman–Crippen LogP) is 1.86. The molecule has 24 heavy (non-hydrogen) atoms. The summed E-state index contributed by atoms with van der Waals surface area (Å²) in [4.78, 5) is 25.9. The summed E-state index contributed by atoms with van der Waals surface area (Å²) >= 11 is 0. The lowest BCUT2D eigenvalue weighted by molar-refractivity contribution is -0.127. The van der Waals surface area contributed by atoms with Gasteiger partial charge in [0.1, 0.15) is 5.75 Å². The number of likely N-dealkylation sites (tertiary alicyclic amines) is 1. The summed E-state index contributed by atoms with van der Waals surface area (Å²) in [5.41, 5.74) is 1.15. The summed E-state index contributed by atoms with van der Waals surface area (Å²) in [6.07, 6.45) is 2.56. The summed E-state index contributed by atoms with van der Waals surface area (Å²) in [6.45, 7) is 1.17. The third-order valence-electron chi connectivity index (χ3n) is 4.12. The first-order valence-corrected chi connectivity index (χ1v) is 7.91. The van der Waals surface area contributed by atoms with Crippen LogP contribution in [0.2, 0.25) is 0 Å². The molecule has 6 heteroatoms. The van der Waals surface area contributed by atoms with Crippen molar-refractivity contribution in [2.75, 3.05) is 20.2 Å². The molecule has 0 radical (unpaired) electrons. The van der Waals surface area contributed by atoms with Crippen LogP contribution < -0.4 is 10.1 Å². The van der Waals surface area contributed by atoms with Gasteiger partial charge >= 0.3 is 0 Å². The van der Waals surface area contributed by atoms with Gasteiger partial charge in [0.25, 0.3) is 5.91 Å². The van der Waals surface area contributed by atoms with Gasteiger partial charge in [0.15, 0.2) is 5.76 Å². The van der Waals surface area contributed by atoms with Crippen LogP contribution in [0.5, 0.6) is 5.75 Å². The van der Waals surface area contributed by atoms with Gasteiger partial charge in [-0.15, -0.1) is 0 Å². The number of furan rings is 1. The Labute approximate surface area is 140 Å². The van der Waals surface area contributed by atoms with Crippen molar-refractivity contribution in [1.82, 2.24) is 10.2 Å². The van der Waals surface area contributed by atoms with E-state index in [4.69, 9.17) is 9.15 Å². The number of methoxy groups -OCH3 is 1. The average Bonchev–Trinajstić information content (AvgIpc) is 3.23. The molecule has 126 valence electrons. The molecule has 1 saturated heterocycles. The number of nitrogens with zero attached hydrogens (tertiary/aromatic N) is 1. The molecule has 1 aliphatic heterocycles. The van der Waals surface area contributed by atoms with Crippen LogP contribution in [0.4, 0.5) is 0 Å². The molecule has 1 N–H and O–H groups in total. The van der Waals surface area contributed by atoms with E-state index in [-0.39, 0.29) is 23.6 Å². The second-order valence-electron chi connectivity index (χ2n) is 5.79. The zero-order valence-corrected chi connectivity index (χ0v) is 13.5. The molecule has 0 aliphatic carbocycles. The molecule has 2 heterocycles. The van der Waals surface area contributed by atoms with E-state index in [2.05, 4.69) is 5.32 Å². The van der Waals surface area contributed by atoms with Crippen LogP contribution in [0, 0.1) is 0 Å². The molecule has 2 amide bonds. The zero-order chi connectivity index (χ0) is 16.9. The van der Waals surface area contributed by atoms with Gasteiger partial charge < -0.3 is 19.4 Å². The van der Waals surface area contributed by atoms with Crippen molar-refractivity contribution >= 4 is 11.8 Å². The maximum Gasteiger partial charge on any atom is 0.287 e. The number of ether oxygens (including phenoxy) is 1. The number of hydrogen-bond donors (Lipinski definition) is 1. The number of amides is 2. The van der Waals surface area contributed by atoms with Crippen molar-refractivity contribution in [1.29, 1.82) is 0 Å². The Kier molecular flexibility index (Phi) is 4.84. The summed E-state index contributed by atoms with van der Waals surface area (Å²) in [5.74, 6) is 0.860. The lowest BCUT2D eigenvalue weighted by atomic mass is 10.1. The first-order chi connectivity index (χ1) is 11.7. The van der Waals surface area contributed by atoms with Crippen molar-refractivity contribution < 1.29 is 18.7 Å². The molecule has 1 aliphatic rings. The molecule has 6 nitrogen and oxygen atoms in total. The minimum atomic E-state index is -0.283. The lowest BCUT2D eigenvalue weighted by Crippen LogP contribution is -2.37. The molecule has 0 saturated carbocycles. The number of benzene rings is 1. The molecule has 0 bridgehead atoms. The fourth-order valence-corrected chi connectivity index (χ4v) is 2.81.